The van der Waals surface area contributed by atoms with Crippen molar-refractivity contribution in [3.63, 3.8) is 0 Å². The predicted octanol–water partition coefficient (Wildman–Crippen LogP) is 2.94. The number of anilines is 1. The number of unbranched alkanes of at least 4 members (excludes halogenated alkanes) is 1. The number of aliphatic carboxylic acids is 1. The summed E-state index contributed by atoms with van der Waals surface area (Å²) in [7, 11) is 0. The number of carboxylic acid groups (broad SMARTS) is 1. The molecule has 0 radical (unpaired) electrons. The summed E-state index contributed by atoms with van der Waals surface area (Å²) in [5.74, 6) is -0.951. The lowest BCUT2D eigenvalue weighted by molar-refractivity contribution is -0.139. The van der Waals surface area contributed by atoms with Gasteiger partial charge in [0, 0.05) is 18.7 Å². The maximum atomic E-state index is 11.3. The van der Waals surface area contributed by atoms with Crippen molar-refractivity contribution in [1.29, 1.82) is 0 Å². The summed E-state index contributed by atoms with van der Waals surface area (Å²) in [6.45, 7) is 5.42. The standard InChI is InChI=1S/C16H24N2O3/c1-4-5-9-15(16(20)21)17-11(2)13-7-6-8-14(10-13)18-12(3)19/h6-8,10-11,15,17H,4-5,9H2,1-3H3,(H,18,19)(H,20,21). The van der Waals surface area contributed by atoms with Gasteiger partial charge in [0.15, 0.2) is 0 Å². The molecule has 0 heterocycles. The third-order valence-electron chi connectivity index (χ3n) is 3.30. The van der Waals surface area contributed by atoms with Crippen LogP contribution in [0.15, 0.2) is 24.3 Å². The summed E-state index contributed by atoms with van der Waals surface area (Å²) < 4.78 is 0. The first-order chi connectivity index (χ1) is 9.93. The monoisotopic (exact) mass is 292 g/mol. The summed E-state index contributed by atoms with van der Waals surface area (Å²) in [5, 5.41) is 15.1. The van der Waals surface area contributed by atoms with Crippen LogP contribution in [0.5, 0.6) is 0 Å². The molecule has 1 rings (SSSR count). The summed E-state index contributed by atoms with van der Waals surface area (Å²) in [4.78, 5) is 22.3. The van der Waals surface area contributed by atoms with Gasteiger partial charge < -0.3 is 10.4 Å². The fraction of sp³-hybridized carbons (Fsp3) is 0.500. The van der Waals surface area contributed by atoms with Gasteiger partial charge >= 0.3 is 5.97 Å². The highest BCUT2D eigenvalue weighted by Gasteiger charge is 2.19. The van der Waals surface area contributed by atoms with Crippen LogP contribution in [0.3, 0.4) is 0 Å². The lowest BCUT2D eigenvalue weighted by Gasteiger charge is -2.21. The molecule has 0 fully saturated rings. The molecule has 0 aliphatic carbocycles. The van der Waals surface area contributed by atoms with Crippen LogP contribution in [0.25, 0.3) is 0 Å². The zero-order chi connectivity index (χ0) is 15.8. The van der Waals surface area contributed by atoms with Crippen molar-refractivity contribution in [2.45, 2.75) is 52.1 Å². The van der Waals surface area contributed by atoms with Crippen LogP contribution in [0, 0.1) is 0 Å². The van der Waals surface area contributed by atoms with E-state index in [2.05, 4.69) is 10.6 Å². The van der Waals surface area contributed by atoms with Crippen LogP contribution in [0.4, 0.5) is 5.69 Å². The highest BCUT2D eigenvalue weighted by atomic mass is 16.4. The molecule has 0 saturated carbocycles. The minimum Gasteiger partial charge on any atom is -0.480 e. The zero-order valence-electron chi connectivity index (χ0n) is 12.8. The molecule has 3 N–H and O–H groups in total. The van der Waals surface area contributed by atoms with E-state index in [1.807, 2.05) is 38.1 Å². The maximum absolute atomic E-state index is 11.3. The lowest BCUT2D eigenvalue weighted by Crippen LogP contribution is -2.38. The number of amides is 1. The van der Waals surface area contributed by atoms with E-state index in [9.17, 15) is 14.7 Å². The fourth-order valence-electron chi connectivity index (χ4n) is 2.17. The minimum absolute atomic E-state index is 0.100. The Hall–Kier alpha value is -1.88. The Morgan fingerprint density at radius 2 is 2.05 bits per heavy atom. The Balaban J connectivity index is 2.74. The molecular formula is C16H24N2O3. The second kappa shape index (κ2) is 8.42. The van der Waals surface area contributed by atoms with Crippen LogP contribution in [0.2, 0.25) is 0 Å². The largest absolute Gasteiger partial charge is 0.480 e. The highest BCUT2D eigenvalue weighted by Crippen LogP contribution is 2.18. The predicted molar refractivity (Wildman–Crippen MR) is 83.2 cm³/mol. The molecule has 5 nitrogen and oxygen atoms in total. The molecule has 1 aromatic rings. The third-order valence-corrected chi connectivity index (χ3v) is 3.30. The molecule has 1 aromatic carbocycles. The first-order valence-electron chi connectivity index (χ1n) is 7.30. The Morgan fingerprint density at radius 3 is 2.62 bits per heavy atom. The van der Waals surface area contributed by atoms with Crippen molar-refractivity contribution < 1.29 is 14.7 Å². The van der Waals surface area contributed by atoms with Gasteiger partial charge in [-0.05, 0) is 31.0 Å². The van der Waals surface area contributed by atoms with Gasteiger partial charge in [0.1, 0.15) is 6.04 Å². The number of hydrogen-bond acceptors (Lipinski definition) is 3. The van der Waals surface area contributed by atoms with Crippen molar-refractivity contribution in [2.24, 2.45) is 0 Å². The molecule has 1 amide bonds. The first-order valence-corrected chi connectivity index (χ1v) is 7.30. The Labute approximate surface area is 125 Å². The number of nitrogens with one attached hydrogen (secondary N) is 2. The molecule has 0 aliphatic rings. The van der Waals surface area contributed by atoms with E-state index in [0.717, 1.165) is 18.4 Å². The lowest BCUT2D eigenvalue weighted by atomic mass is 10.0. The highest BCUT2D eigenvalue weighted by molar-refractivity contribution is 5.88. The molecule has 116 valence electrons. The zero-order valence-corrected chi connectivity index (χ0v) is 12.8. The van der Waals surface area contributed by atoms with Crippen molar-refractivity contribution >= 4 is 17.6 Å². The normalized spacial score (nSPS) is 13.5. The molecule has 21 heavy (non-hydrogen) atoms. The van der Waals surface area contributed by atoms with Gasteiger partial charge in [0.25, 0.3) is 0 Å². The first kappa shape index (κ1) is 17.2. The van der Waals surface area contributed by atoms with E-state index >= 15 is 0 Å². The number of carboxylic acids is 1. The fourth-order valence-corrected chi connectivity index (χ4v) is 2.17. The van der Waals surface area contributed by atoms with Gasteiger partial charge in [-0.2, -0.15) is 0 Å². The number of benzene rings is 1. The van der Waals surface area contributed by atoms with Crippen LogP contribution in [-0.4, -0.2) is 23.0 Å². The van der Waals surface area contributed by atoms with E-state index < -0.39 is 12.0 Å². The number of carbonyl (C=O) groups excluding carboxylic acids is 1. The summed E-state index contributed by atoms with van der Waals surface area (Å²) in [6.07, 6.45) is 2.46. The molecular weight excluding hydrogens is 268 g/mol. The third kappa shape index (κ3) is 5.95. The van der Waals surface area contributed by atoms with Gasteiger partial charge in [-0.1, -0.05) is 31.9 Å². The Bertz CT molecular complexity index is 488. The summed E-state index contributed by atoms with van der Waals surface area (Å²) in [6, 6.07) is 6.78. The van der Waals surface area contributed by atoms with Crippen molar-refractivity contribution in [3.8, 4) is 0 Å². The maximum Gasteiger partial charge on any atom is 0.320 e. The topological polar surface area (TPSA) is 78.4 Å². The van der Waals surface area contributed by atoms with Gasteiger partial charge in [0.2, 0.25) is 5.91 Å². The molecule has 0 saturated heterocycles. The average Bonchev–Trinajstić information content (AvgIpc) is 2.42. The van der Waals surface area contributed by atoms with E-state index in [4.69, 9.17) is 0 Å². The molecule has 2 atom stereocenters. The van der Waals surface area contributed by atoms with Crippen LogP contribution in [0.1, 0.15) is 51.6 Å². The van der Waals surface area contributed by atoms with Crippen LogP contribution >= 0.6 is 0 Å². The number of hydrogen-bond donors (Lipinski definition) is 3. The van der Waals surface area contributed by atoms with E-state index in [1.165, 1.54) is 6.92 Å². The van der Waals surface area contributed by atoms with E-state index in [1.54, 1.807) is 0 Å². The Kier molecular flexibility index (Phi) is 6.88. The Morgan fingerprint density at radius 1 is 1.33 bits per heavy atom. The van der Waals surface area contributed by atoms with Gasteiger partial charge in [0.05, 0.1) is 0 Å². The molecule has 0 spiro atoms. The van der Waals surface area contributed by atoms with Crippen molar-refractivity contribution in [3.05, 3.63) is 29.8 Å². The van der Waals surface area contributed by atoms with Crippen LogP contribution in [-0.2, 0) is 9.59 Å². The number of rotatable bonds is 8. The molecule has 5 heteroatoms. The molecule has 0 aromatic heterocycles. The molecule has 0 bridgehead atoms. The molecule has 2 unspecified atom stereocenters. The van der Waals surface area contributed by atoms with Gasteiger partial charge in [-0.15, -0.1) is 0 Å². The van der Waals surface area contributed by atoms with Crippen LogP contribution < -0.4 is 10.6 Å². The quantitative estimate of drug-likeness (QED) is 0.688. The van der Waals surface area contributed by atoms with E-state index in [-0.39, 0.29) is 11.9 Å². The smallest absolute Gasteiger partial charge is 0.320 e. The summed E-state index contributed by atoms with van der Waals surface area (Å²) >= 11 is 0. The SMILES string of the molecule is CCCCC(NC(C)c1cccc(NC(C)=O)c1)C(=O)O. The van der Waals surface area contributed by atoms with E-state index in [0.29, 0.717) is 12.1 Å². The minimum atomic E-state index is -0.826. The van der Waals surface area contributed by atoms with Crippen molar-refractivity contribution in [2.75, 3.05) is 5.32 Å². The van der Waals surface area contributed by atoms with Crippen molar-refractivity contribution in [1.82, 2.24) is 5.32 Å². The van der Waals surface area contributed by atoms with Gasteiger partial charge in [-0.25, -0.2) is 0 Å². The van der Waals surface area contributed by atoms with Gasteiger partial charge in [-0.3, -0.25) is 14.9 Å². The average molecular weight is 292 g/mol. The molecule has 0 aliphatic heterocycles. The second-order valence-electron chi connectivity index (χ2n) is 5.23. The summed E-state index contributed by atoms with van der Waals surface area (Å²) in [5.41, 5.74) is 1.66. The number of carbonyl (C=O) groups is 2. The second-order valence-corrected chi connectivity index (χ2v) is 5.23.